The van der Waals surface area contributed by atoms with Gasteiger partial charge in [-0.3, -0.25) is 0 Å². The van der Waals surface area contributed by atoms with Crippen molar-refractivity contribution in [2.24, 2.45) is 0 Å². The van der Waals surface area contributed by atoms with Gasteiger partial charge in [-0.2, -0.15) is 5.26 Å². The fourth-order valence-corrected chi connectivity index (χ4v) is 5.00. The molecule has 0 saturated carbocycles. The summed E-state index contributed by atoms with van der Waals surface area (Å²) in [5.41, 5.74) is 5.02. The van der Waals surface area contributed by atoms with E-state index in [0.29, 0.717) is 11.0 Å². The topological polar surface area (TPSA) is 93.5 Å². The van der Waals surface area contributed by atoms with E-state index >= 15 is 0 Å². The maximum Gasteiger partial charge on any atom is 0.492 e. The van der Waals surface area contributed by atoms with E-state index in [9.17, 15) is 10.1 Å². The average molecular weight is 542 g/mol. The third-order valence-electron chi connectivity index (χ3n) is 7.67. The lowest BCUT2D eigenvalue weighted by Crippen LogP contribution is -2.41. The molecule has 1 amide bonds. The van der Waals surface area contributed by atoms with Crippen molar-refractivity contribution in [1.29, 1.82) is 5.26 Å². The molecule has 1 fully saturated rings. The summed E-state index contributed by atoms with van der Waals surface area (Å²) in [7, 11) is -0.718. The Morgan fingerprint density at radius 1 is 1.10 bits per heavy atom. The summed E-state index contributed by atoms with van der Waals surface area (Å²) in [6, 6.07) is 20.1. The lowest BCUT2D eigenvalue weighted by Gasteiger charge is -2.32. The minimum Gasteiger partial charge on any atom is -0.449 e. The van der Waals surface area contributed by atoms with Crippen molar-refractivity contribution in [3.8, 4) is 17.2 Å². The highest BCUT2D eigenvalue weighted by molar-refractivity contribution is 6.56. The number of alkyl carbamates (subject to hydrolysis) is 1. The number of hydrogen-bond acceptors (Lipinski definition) is 6. The number of hydrogen-bond donors (Lipinski definition) is 1. The lowest BCUT2D eigenvalue weighted by molar-refractivity contribution is 0.00578. The summed E-state index contributed by atoms with van der Waals surface area (Å²) < 4.78 is 18.2. The Morgan fingerprint density at radius 2 is 1.69 bits per heavy atom. The van der Waals surface area contributed by atoms with Gasteiger partial charge in [0.05, 0.1) is 16.8 Å². The SMILES string of the molecule is CC1(C)OB(C(=Cc2cnc(Cl)c(C#N)c2)CNC(=O)OCC2c3ccccc3-c3ccccc32)OC1(C)C. The molecule has 9 heteroatoms. The molecule has 5 rings (SSSR count). The van der Waals surface area contributed by atoms with Crippen molar-refractivity contribution in [2.45, 2.75) is 44.8 Å². The van der Waals surface area contributed by atoms with E-state index in [1.807, 2.05) is 58.0 Å². The van der Waals surface area contributed by atoms with Crippen molar-refractivity contribution >= 4 is 30.9 Å². The van der Waals surface area contributed by atoms with E-state index in [1.54, 1.807) is 18.3 Å². The molecule has 0 bridgehead atoms. The number of nitrogens with one attached hydrogen (secondary N) is 1. The summed E-state index contributed by atoms with van der Waals surface area (Å²) >= 11 is 6.01. The summed E-state index contributed by atoms with van der Waals surface area (Å²) in [4.78, 5) is 17.0. The molecule has 1 N–H and O–H groups in total. The van der Waals surface area contributed by atoms with Crippen LogP contribution in [0.15, 0.2) is 66.3 Å². The molecule has 7 nitrogen and oxygen atoms in total. The molecule has 2 aromatic carbocycles. The highest BCUT2D eigenvalue weighted by atomic mass is 35.5. The van der Waals surface area contributed by atoms with E-state index in [4.69, 9.17) is 25.6 Å². The maximum absolute atomic E-state index is 12.9. The Kier molecular flexibility index (Phi) is 7.26. The first-order valence-electron chi connectivity index (χ1n) is 12.8. The highest BCUT2D eigenvalue weighted by Crippen LogP contribution is 2.44. The molecule has 2 aliphatic rings. The zero-order valence-electron chi connectivity index (χ0n) is 22.3. The minimum atomic E-state index is -0.718. The predicted octanol–water partition coefficient (Wildman–Crippen LogP) is 6.16. The van der Waals surface area contributed by atoms with Crippen molar-refractivity contribution in [1.82, 2.24) is 10.3 Å². The molecule has 0 spiro atoms. The minimum absolute atomic E-state index is 0.0363. The number of carbonyl (C=O) groups is 1. The van der Waals surface area contributed by atoms with Gasteiger partial charge in [-0.1, -0.05) is 66.2 Å². The van der Waals surface area contributed by atoms with Crippen LogP contribution in [0.4, 0.5) is 4.79 Å². The van der Waals surface area contributed by atoms with Gasteiger partial charge >= 0.3 is 13.2 Å². The van der Waals surface area contributed by atoms with Gasteiger partial charge in [-0.25, -0.2) is 9.78 Å². The van der Waals surface area contributed by atoms with Crippen molar-refractivity contribution in [3.63, 3.8) is 0 Å². The second-order valence-corrected chi connectivity index (χ2v) is 11.1. The summed E-state index contributed by atoms with van der Waals surface area (Å²) in [5.74, 6) is -0.0363. The number of amides is 1. The van der Waals surface area contributed by atoms with Crippen LogP contribution in [0.2, 0.25) is 5.15 Å². The van der Waals surface area contributed by atoms with Gasteiger partial charge in [-0.15, -0.1) is 0 Å². The molecule has 1 aliphatic carbocycles. The highest BCUT2D eigenvalue weighted by Gasteiger charge is 2.52. The first kappa shape index (κ1) is 27.0. The number of pyridine rings is 1. The van der Waals surface area contributed by atoms with E-state index in [0.717, 1.165) is 11.1 Å². The molecule has 39 heavy (non-hydrogen) atoms. The lowest BCUT2D eigenvalue weighted by atomic mass is 9.77. The van der Waals surface area contributed by atoms with Gasteiger partial charge in [-0.05, 0) is 67.1 Å². The molecule has 0 unspecified atom stereocenters. The maximum atomic E-state index is 12.9. The van der Waals surface area contributed by atoms with Gasteiger partial charge in [0.15, 0.2) is 0 Å². The average Bonchev–Trinajstić information content (AvgIpc) is 3.35. The summed E-state index contributed by atoms with van der Waals surface area (Å²) in [5, 5.41) is 12.3. The van der Waals surface area contributed by atoms with Crippen LogP contribution in [-0.2, 0) is 14.0 Å². The van der Waals surface area contributed by atoms with Crippen LogP contribution in [0.5, 0.6) is 0 Å². The molecule has 198 valence electrons. The molecule has 0 atom stereocenters. The molecule has 3 aromatic rings. The Morgan fingerprint density at radius 3 is 2.28 bits per heavy atom. The number of nitriles is 1. The smallest absolute Gasteiger partial charge is 0.449 e. The molecular formula is C30H29BClN3O4. The Balaban J connectivity index is 1.32. The van der Waals surface area contributed by atoms with Crippen LogP contribution in [0, 0.1) is 11.3 Å². The number of halogens is 1. The standard InChI is InChI=1S/C30H29BClN3O4/c1-29(2)30(3,4)39-31(38-29)21(14-19-13-20(15-33)27(32)34-16-19)17-35-28(36)37-18-26-24-11-7-5-9-22(24)23-10-6-8-12-25(23)26/h5-14,16,26H,17-18H2,1-4H3,(H,35,36). The Hall–Kier alpha value is -3.64. The fourth-order valence-electron chi connectivity index (χ4n) is 4.86. The summed E-state index contributed by atoms with van der Waals surface area (Å²) in [6.45, 7) is 8.16. The quantitative estimate of drug-likeness (QED) is 0.297. The van der Waals surface area contributed by atoms with E-state index in [-0.39, 0.29) is 29.8 Å². The fraction of sp³-hybridized carbons (Fsp3) is 0.300. The number of benzene rings is 2. The van der Waals surface area contributed by atoms with Gasteiger partial charge in [0, 0.05) is 18.7 Å². The second kappa shape index (κ2) is 10.5. The third-order valence-corrected chi connectivity index (χ3v) is 7.97. The van der Waals surface area contributed by atoms with Crippen LogP contribution >= 0.6 is 11.6 Å². The van der Waals surface area contributed by atoms with Crippen LogP contribution in [0.3, 0.4) is 0 Å². The zero-order valence-corrected chi connectivity index (χ0v) is 23.1. The van der Waals surface area contributed by atoms with Gasteiger partial charge in [0.1, 0.15) is 17.8 Å². The Bertz CT molecular complexity index is 1440. The van der Waals surface area contributed by atoms with E-state index < -0.39 is 24.4 Å². The first-order chi connectivity index (χ1) is 18.6. The molecule has 2 heterocycles. The number of rotatable bonds is 6. The van der Waals surface area contributed by atoms with Crippen molar-refractivity contribution in [3.05, 3.63) is 93.7 Å². The van der Waals surface area contributed by atoms with Crippen LogP contribution < -0.4 is 5.32 Å². The van der Waals surface area contributed by atoms with E-state index in [1.165, 1.54) is 11.1 Å². The number of nitrogens with zero attached hydrogens (tertiary/aromatic N) is 2. The second-order valence-electron chi connectivity index (χ2n) is 10.7. The molecule has 1 aliphatic heterocycles. The normalized spacial score (nSPS) is 17.3. The van der Waals surface area contributed by atoms with Gasteiger partial charge in [0.25, 0.3) is 0 Å². The monoisotopic (exact) mass is 541 g/mol. The molecule has 0 radical (unpaired) electrons. The van der Waals surface area contributed by atoms with Crippen LogP contribution in [-0.4, -0.2) is 42.5 Å². The third kappa shape index (κ3) is 5.31. The predicted molar refractivity (Wildman–Crippen MR) is 151 cm³/mol. The number of fused-ring (bicyclic) bond motifs is 3. The van der Waals surface area contributed by atoms with Gasteiger partial charge < -0.3 is 19.4 Å². The largest absolute Gasteiger partial charge is 0.492 e. The van der Waals surface area contributed by atoms with Crippen molar-refractivity contribution < 1.29 is 18.8 Å². The summed E-state index contributed by atoms with van der Waals surface area (Å²) in [6.07, 6.45) is 2.80. The number of ether oxygens (including phenoxy) is 1. The first-order valence-corrected chi connectivity index (χ1v) is 13.2. The van der Waals surface area contributed by atoms with Gasteiger partial charge in [0.2, 0.25) is 0 Å². The van der Waals surface area contributed by atoms with Crippen LogP contribution in [0.1, 0.15) is 55.9 Å². The van der Waals surface area contributed by atoms with Crippen LogP contribution in [0.25, 0.3) is 17.2 Å². The Labute approximate surface area is 233 Å². The molecule has 1 saturated heterocycles. The molecule has 1 aromatic heterocycles. The van der Waals surface area contributed by atoms with Crippen molar-refractivity contribution in [2.75, 3.05) is 13.2 Å². The zero-order chi connectivity index (χ0) is 27.8. The number of aromatic nitrogens is 1. The number of carbonyl (C=O) groups excluding carboxylic acids is 1. The molecular weight excluding hydrogens is 513 g/mol. The van der Waals surface area contributed by atoms with E-state index in [2.05, 4.69) is 34.6 Å².